The molecule has 0 N–H and O–H groups in total. The molecule has 0 saturated carbocycles. The molecular formula is C54H75N3O6. The summed E-state index contributed by atoms with van der Waals surface area (Å²) < 4.78 is 32.1. The van der Waals surface area contributed by atoms with Crippen molar-refractivity contribution in [3.63, 3.8) is 0 Å². The molecule has 342 valence electrons. The molecule has 0 radical (unpaired) electrons. The van der Waals surface area contributed by atoms with Gasteiger partial charge in [0, 0.05) is 36.7 Å². The zero-order valence-electron chi connectivity index (χ0n) is 40.0. The fraction of sp³-hybridized carbons (Fsp3) is 0.537. The Balaban J connectivity index is 1.71. The number of rotatable bonds is 27. The fourth-order valence-corrected chi connectivity index (χ4v) is 7.71. The van der Waals surface area contributed by atoms with E-state index >= 15 is 0 Å². The lowest BCUT2D eigenvalue weighted by atomic mass is 9.95. The molecule has 0 amide bonds. The lowest BCUT2D eigenvalue weighted by Gasteiger charge is -2.17. The number of hydrogen-bond acceptors (Lipinski definition) is 8. The number of methoxy groups -OCH3 is 2. The van der Waals surface area contributed by atoms with Gasteiger partial charge in [-0.25, -0.2) is 4.79 Å². The normalized spacial score (nSPS) is 11.5. The molecule has 4 aromatic rings. The Morgan fingerprint density at radius 1 is 0.619 bits per heavy atom. The summed E-state index contributed by atoms with van der Waals surface area (Å²) in [5.74, 6) is 15.9. The van der Waals surface area contributed by atoms with Crippen molar-refractivity contribution in [2.75, 3.05) is 75.3 Å². The first-order valence-electron chi connectivity index (χ1n) is 23.3. The lowest BCUT2D eigenvalue weighted by molar-refractivity contribution is 0.0411. The molecule has 9 heteroatoms. The number of hydrogen-bond donors (Lipinski definition) is 0. The zero-order valence-corrected chi connectivity index (χ0v) is 40.0. The Morgan fingerprint density at radius 3 is 1.57 bits per heavy atom. The second-order valence-corrected chi connectivity index (χ2v) is 17.1. The first-order valence-corrected chi connectivity index (χ1v) is 23.3. The van der Waals surface area contributed by atoms with E-state index < -0.39 is 0 Å². The predicted octanol–water partition coefficient (Wildman–Crippen LogP) is 11.2. The summed E-state index contributed by atoms with van der Waals surface area (Å²) in [6, 6.07) is 17.4. The van der Waals surface area contributed by atoms with Gasteiger partial charge in [-0.05, 0) is 114 Å². The minimum Gasteiger partial charge on any atom is -0.494 e. The maximum atomic E-state index is 14.2. The van der Waals surface area contributed by atoms with Crippen molar-refractivity contribution < 1.29 is 28.5 Å². The van der Waals surface area contributed by atoms with Gasteiger partial charge in [0.05, 0.1) is 50.7 Å². The van der Waals surface area contributed by atoms with Crippen LogP contribution in [-0.2, 0) is 11.8 Å². The molecule has 0 saturated heterocycles. The molecule has 0 aliphatic carbocycles. The maximum Gasteiger partial charge on any atom is 0.354 e. The number of nitrogens with zero attached hydrogens (tertiary/aromatic N) is 3. The van der Waals surface area contributed by atoms with Crippen molar-refractivity contribution in [1.82, 2.24) is 14.4 Å². The topological polar surface area (TPSA) is 74.6 Å². The van der Waals surface area contributed by atoms with Crippen LogP contribution in [0.2, 0.25) is 0 Å². The summed E-state index contributed by atoms with van der Waals surface area (Å²) in [7, 11) is 13.3. The minimum absolute atomic E-state index is 0.333. The van der Waals surface area contributed by atoms with Gasteiger partial charge in [-0.15, -0.1) is 0 Å². The van der Waals surface area contributed by atoms with Crippen LogP contribution in [0.15, 0.2) is 54.6 Å². The second kappa shape index (κ2) is 27.9. The number of benzene rings is 3. The Hall–Kier alpha value is -5.09. The Bertz CT molecular complexity index is 2100. The summed E-state index contributed by atoms with van der Waals surface area (Å²) in [6.07, 6.45) is 16.3. The van der Waals surface area contributed by atoms with Crippen LogP contribution in [0.1, 0.15) is 136 Å². The number of fused-ring (bicyclic) bond motifs is 1. The van der Waals surface area contributed by atoms with Crippen LogP contribution >= 0.6 is 0 Å². The molecule has 1 heterocycles. The van der Waals surface area contributed by atoms with E-state index in [4.69, 9.17) is 23.7 Å². The number of unbranched alkanes of at least 4 members (excludes halogenated alkanes) is 8. The summed E-state index contributed by atoms with van der Waals surface area (Å²) >= 11 is 0. The van der Waals surface area contributed by atoms with Crippen LogP contribution in [-0.4, -0.2) is 95.7 Å². The van der Waals surface area contributed by atoms with Crippen LogP contribution < -0.4 is 18.9 Å². The van der Waals surface area contributed by atoms with Crippen LogP contribution in [0, 0.1) is 29.6 Å². The molecule has 0 spiro atoms. The molecule has 1 unspecified atom stereocenters. The molecular weight excluding hydrogens is 787 g/mol. The van der Waals surface area contributed by atoms with Crippen molar-refractivity contribution in [2.24, 2.45) is 13.0 Å². The molecule has 0 bridgehead atoms. The Morgan fingerprint density at radius 2 is 1.08 bits per heavy atom. The van der Waals surface area contributed by atoms with Gasteiger partial charge in [0.15, 0.2) is 11.5 Å². The number of aromatic nitrogens is 1. The summed E-state index contributed by atoms with van der Waals surface area (Å²) in [5.41, 5.74) is 3.94. The molecule has 0 fully saturated rings. The van der Waals surface area contributed by atoms with Gasteiger partial charge in [0.1, 0.15) is 17.2 Å². The highest BCUT2D eigenvalue weighted by atomic mass is 16.5. The molecule has 1 aromatic heterocycles. The van der Waals surface area contributed by atoms with E-state index in [9.17, 15) is 4.79 Å². The van der Waals surface area contributed by atoms with Crippen molar-refractivity contribution >= 4 is 16.9 Å². The quantitative estimate of drug-likeness (QED) is 0.0333. The highest BCUT2D eigenvalue weighted by Gasteiger charge is 2.26. The van der Waals surface area contributed by atoms with E-state index in [0.29, 0.717) is 59.6 Å². The molecule has 0 aliphatic rings. The second-order valence-electron chi connectivity index (χ2n) is 17.1. The van der Waals surface area contributed by atoms with E-state index in [1.807, 2.05) is 66.2 Å². The van der Waals surface area contributed by atoms with E-state index in [1.54, 1.807) is 14.2 Å². The standard InChI is InChI=1S/C54H75N3O6/c1-10-12-14-16-17-19-23-44(22-18-15-13-11-2)41-63-54(58)50-40-49-47(34-28-42-24-30-45(31-25-42)61-38-20-36-55(3)4)52(59-8)53(60-9)48(51(49)57(50)7)35-29-43-26-32-46(33-27-43)62-39-21-37-56(5)6/h24-27,30-33,40,44H,10-23,36-39,41H2,1-9H3. The third kappa shape index (κ3) is 16.5. The summed E-state index contributed by atoms with van der Waals surface area (Å²) in [6.45, 7) is 8.10. The van der Waals surface area contributed by atoms with Crippen molar-refractivity contribution in [1.29, 1.82) is 0 Å². The Kier molecular flexibility index (Phi) is 22.4. The molecule has 1 atom stereocenters. The Labute approximate surface area is 379 Å². The van der Waals surface area contributed by atoms with Crippen LogP contribution in [0.25, 0.3) is 10.9 Å². The lowest BCUT2D eigenvalue weighted by Crippen LogP contribution is -2.17. The number of aryl methyl sites for hydroxylation is 1. The van der Waals surface area contributed by atoms with Gasteiger partial charge in [-0.3, -0.25) is 0 Å². The van der Waals surface area contributed by atoms with Crippen molar-refractivity contribution in [3.05, 3.63) is 82.5 Å². The minimum atomic E-state index is -0.367. The monoisotopic (exact) mass is 862 g/mol. The smallest absolute Gasteiger partial charge is 0.354 e. The van der Waals surface area contributed by atoms with E-state index in [1.165, 1.54) is 51.4 Å². The summed E-state index contributed by atoms with van der Waals surface area (Å²) in [5, 5.41) is 0.726. The van der Waals surface area contributed by atoms with Crippen LogP contribution in [0.4, 0.5) is 0 Å². The molecule has 4 rings (SSSR count). The summed E-state index contributed by atoms with van der Waals surface area (Å²) in [4.78, 5) is 18.5. The highest BCUT2D eigenvalue weighted by molar-refractivity contribution is 6.02. The highest BCUT2D eigenvalue weighted by Crippen LogP contribution is 2.42. The predicted molar refractivity (Wildman–Crippen MR) is 259 cm³/mol. The molecule has 3 aromatic carbocycles. The maximum absolute atomic E-state index is 14.2. The first-order chi connectivity index (χ1) is 30.6. The van der Waals surface area contributed by atoms with E-state index in [-0.39, 0.29) is 5.97 Å². The molecule has 63 heavy (non-hydrogen) atoms. The zero-order chi connectivity index (χ0) is 45.4. The largest absolute Gasteiger partial charge is 0.494 e. The van der Waals surface area contributed by atoms with Gasteiger partial charge in [0.2, 0.25) is 0 Å². The van der Waals surface area contributed by atoms with Crippen molar-refractivity contribution in [2.45, 2.75) is 104 Å². The first kappa shape index (κ1) is 50.6. The SMILES string of the molecule is CCCCCCCCC(CCCCCC)COC(=O)c1cc2c(C#Cc3ccc(OCCCN(C)C)cc3)c(OC)c(OC)c(C#Cc3ccc(OCCCN(C)C)cc3)c2n1C. The van der Waals surface area contributed by atoms with Crippen LogP contribution in [0.3, 0.4) is 0 Å². The average molecular weight is 862 g/mol. The van der Waals surface area contributed by atoms with Crippen LogP contribution in [0.5, 0.6) is 23.0 Å². The van der Waals surface area contributed by atoms with E-state index in [2.05, 4.69) is 75.5 Å². The van der Waals surface area contributed by atoms with Gasteiger partial charge in [-0.2, -0.15) is 0 Å². The number of carbonyl (C=O) groups is 1. The van der Waals surface area contributed by atoms with Gasteiger partial charge >= 0.3 is 5.97 Å². The third-order valence-corrected chi connectivity index (χ3v) is 11.3. The third-order valence-electron chi connectivity index (χ3n) is 11.3. The van der Waals surface area contributed by atoms with Gasteiger partial charge in [0.25, 0.3) is 0 Å². The van der Waals surface area contributed by atoms with E-state index in [0.717, 1.165) is 79.6 Å². The average Bonchev–Trinajstić information content (AvgIpc) is 3.63. The van der Waals surface area contributed by atoms with Gasteiger partial charge in [-0.1, -0.05) is 102 Å². The van der Waals surface area contributed by atoms with Crippen molar-refractivity contribution in [3.8, 4) is 46.7 Å². The molecule has 0 aliphatic heterocycles. The number of esters is 1. The number of ether oxygens (including phenoxy) is 5. The fourth-order valence-electron chi connectivity index (χ4n) is 7.71. The number of carbonyl (C=O) groups excluding carboxylic acids is 1. The molecule has 9 nitrogen and oxygen atoms in total. The van der Waals surface area contributed by atoms with Gasteiger partial charge < -0.3 is 38.1 Å².